The Bertz CT molecular complexity index is 817. The molecular weight excluding hydrogens is 356 g/mol. The average molecular weight is 378 g/mol. The van der Waals surface area contributed by atoms with Crippen LogP contribution in [0.5, 0.6) is 0 Å². The Morgan fingerprint density at radius 2 is 1.77 bits per heavy atom. The quantitative estimate of drug-likeness (QED) is 0.674. The first-order valence-corrected chi connectivity index (χ1v) is 9.86. The van der Waals surface area contributed by atoms with E-state index in [-0.39, 0.29) is 25.5 Å². The van der Waals surface area contributed by atoms with Gasteiger partial charge in [-0.2, -0.15) is 0 Å². The Balaban J connectivity index is 1.73. The van der Waals surface area contributed by atoms with Gasteiger partial charge in [0.25, 0.3) is 0 Å². The number of aromatic nitrogens is 1. The molecule has 26 heavy (non-hydrogen) atoms. The number of hydrogen-bond donors (Lipinski definition) is 1. The van der Waals surface area contributed by atoms with Crippen molar-refractivity contribution in [1.82, 2.24) is 9.29 Å². The number of sulfonamides is 1. The van der Waals surface area contributed by atoms with Gasteiger partial charge in [0.2, 0.25) is 15.9 Å². The van der Waals surface area contributed by atoms with Crippen molar-refractivity contribution in [2.75, 3.05) is 5.75 Å². The van der Waals surface area contributed by atoms with E-state index in [1.165, 1.54) is 0 Å². The van der Waals surface area contributed by atoms with Crippen LogP contribution in [0, 0.1) is 0 Å². The lowest BCUT2D eigenvalue weighted by Crippen LogP contribution is -2.34. The van der Waals surface area contributed by atoms with Crippen LogP contribution >= 0.6 is 0 Å². The van der Waals surface area contributed by atoms with Gasteiger partial charge < -0.3 is 9.30 Å². The van der Waals surface area contributed by atoms with Crippen LogP contribution in [0.25, 0.3) is 0 Å². The van der Waals surface area contributed by atoms with Crippen molar-refractivity contribution < 1.29 is 22.7 Å². The van der Waals surface area contributed by atoms with Gasteiger partial charge in [0, 0.05) is 24.9 Å². The molecule has 0 aliphatic carbocycles. The van der Waals surface area contributed by atoms with Gasteiger partial charge in [0.1, 0.15) is 6.61 Å². The van der Waals surface area contributed by atoms with Gasteiger partial charge in [-0.1, -0.05) is 30.3 Å². The van der Waals surface area contributed by atoms with Crippen LogP contribution in [0.2, 0.25) is 0 Å². The maximum absolute atomic E-state index is 11.9. The molecule has 1 N–H and O–H groups in total. The summed E-state index contributed by atoms with van der Waals surface area (Å²) in [6.07, 6.45) is 3.30. The fourth-order valence-corrected chi connectivity index (χ4v) is 3.28. The van der Waals surface area contributed by atoms with E-state index in [1.54, 1.807) is 24.5 Å². The highest BCUT2D eigenvalue weighted by Crippen LogP contribution is 2.10. The minimum Gasteiger partial charge on any atom is -0.461 e. The highest BCUT2D eigenvalue weighted by atomic mass is 32.2. The van der Waals surface area contributed by atoms with E-state index >= 15 is 0 Å². The van der Waals surface area contributed by atoms with Crippen LogP contribution in [0.3, 0.4) is 0 Å². The minimum atomic E-state index is -3.88. The van der Waals surface area contributed by atoms with Crippen molar-refractivity contribution >= 4 is 21.9 Å². The molecule has 0 spiro atoms. The van der Waals surface area contributed by atoms with Gasteiger partial charge in [-0.3, -0.25) is 14.3 Å². The minimum absolute atomic E-state index is 0.0202. The molecule has 1 atom stereocenters. The molecule has 2 aromatic rings. The summed E-state index contributed by atoms with van der Waals surface area (Å²) in [5.74, 6) is -1.74. The molecule has 0 aliphatic heterocycles. The van der Waals surface area contributed by atoms with Gasteiger partial charge in [-0.05, 0) is 24.6 Å². The molecular formula is C18H22N2O5S. The lowest BCUT2D eigenvalue weighted by molar-refractivity contribution is -0.144. The summed E-state index contributed by atoms with van der Waals surface area (Å²) < 4.78 is 32.7. The molecule has 0 radical (unpaired) electrons. The number of carbonyl (C=O) groups is 2. The number of nitrogens with zero attached hydrogens (tertiary/aromatic N) is 1. The number of ether oxygens (including phenoxy) is 1. The summed E-state index contributed by atoms with van der Waals surface area (Å²) in [6.45, 7) is 1.90. The molecule has 0 unspecified atom stereocenters. The number of esters is 1. The molecule has 0 saturated heterocycles. The van der Waals surface area contributed by atoms with Gasteiger partial charge in [0.05, 0.1) is 12.2 Å². The van der Waals surface area contributed by atoms with Crippen molar-refractivity contribution in [2.45, 2.75) is 32.4 Å². The third kappa shape index (κ3) is 6.72. The van der Waals surface area contributed by atoms with Gasteiger partial charge in [-0.15, -0.1) is 0 Å². The first-order chi connectivity index (χ1) is 12.4. The predicted molar refractivity (Wildman–Crippen MR) is 96.5 cm³/mol. The second-order valence-corrected chi connectivity index (χ2v) is 7.77. The first-order valence-electron chi connectivity index (χ1n) is 8.21. The Morgan fingerprint density at radius 1 is 1.12 bits per heavy atom. The molecule has 2 rings (SSSR count). The van der Waals surface area contributed by atoms with Gasteiger partial charge in [0.15, 0.2) is 0 Å². The highest BCUT2D eigenvalue weighted by molar-refractivity contribution is 7.90. The average Bonchev–Trinajstić information content (AvgIpc) is 3.13. The second-order valence-electron chi connectivity index (χ2n) is 5.92. The Hall–Kier alpha value is -2.61. The second kappa shape index (κ2) is 9.19. The molecule has 0 saturated carbocycles. The molecule has 0 bridgehead atoms. The van der Waals surface area contributed by atoms with E-state index < -0.39 is 27.7 Å². The number of benzene rings is 1. The van der Waals surface area contributed by atoms with Crippen LogP contribution in [-0.2, 0) is 31.0 Å². The number of carbonyl (C=O) groups excluding carboxylic acids is 2. The third-order valence-corrected chi connectivity index (χ3v) is 4.98. The van der Waals surface area contributed by atoms with E-state index in [9.17, 15) is 18.0 Å². The number of amides is 1. The largest absolute Gasteiger partial charge is 0.461 e. The maximum atomic E-state index is 11.9. The molecule has 0 fully saturated rings. The zero-order valence-corrected chi connectivity index (χ0v) is 15.3. The number of nitrogens with one attached hydrogen (secondary N) is 1. The normalized spacial score (nSPS) is 12.3. The number of rotatable bonds is 9. The Labute approximate surface area is 153 Å². The molecule has 1 aromatic heterocycles. The van der Waals surface area contributed by atoms with Crippen LogP contribution in [-0.4, -0.2) is 30.6 Å². The first kappa shape index (κ1) is 19.7. The highest BCUT2D eigenvalue weighted by Gasteiger charge is 2.19. The molecule has 140 valence electrons. The Kier molecular flexibility index (Phi) is 6.97. The molecule has 1 aromatic carbocycles. The summed E-state index contributed by atoms with van der Waals surface area (Å²) >= 11 is 0. The Morgan fingerprint density at radius 3 is 2.42 bits per heavy atom. The van der Waals surface area contributed by atoms with Gasteiger partial charge in [-0.25, -0.2) is 8.42 Å². The SMILES string of the molecule is C[C@@H](CC(=O)NS(=O)(=O)CCC(=O)OCc1ccccc1)n1cccc1. The fraction of sp³-hybridized carbons (Fsp3) is 0.333. The van der Waals surface area contributed by atoms with E-state index in [0.29, 0.717) is 0 Å². The van der Waals surface area contributed by atoms with Gasteiger partial charge >= 0.3 is 5.97 Å². The molecule has 1 heterocycles. The van der Waals surface area contributed by atoms with E-state index in [0.717, 1.165) is 5.56 Å². The van der Waals surface area contributed by atoms with Crippen molar-refractivity contribution in [3.63, 3.8) is 0 Å². The topological polar surface area (TPSA) is 94.5 Å². The molecule has 0 aliphatic rings. The molecule has 7 nitrogen and oxygen atoms in total. The van der Waals surface area contributed by atoms with Crippen molar-refractivity contribution in [2.24, 2.45) is 0 Å². The summed E-state index contributed by atoms with van der Waals surface area (Å²) in [5, 5.41) is 0. The monoisotopic (exact) mass is 378 g/mol. The number of hydrogen-bond acceptors (Lipinski definition) is 5. The summed E-state index contributed by atoms with van der Waals surface area (Å²) in [7, 11) is -3.88. The summed E-state index contributed by atoms with van der Waals surface area (Å²) in [6, 6.07) is 12.6. The van der Waals surface area contributed by atoms with Crippen molar-refractivity contribution in [3.8, 4) is 0 Å². The van der Waals surface area contributed by atoms with Crippen LogP contribution in [0.4, 0.5) is 0 Å². The maximum Gasteiger partial charge on any atom is 0.307 e. The van der Waals surface area contributed by atoms with E-state index in [4.69, 9.17) is 4.74 Å². The van der Waals surface area contributed by atoms with Crippen molar-refractivity contribution in [1.29, 1.82) is 0 Å². The van der Waals surface area contributed by atoms with Crippen LogP contribution in [0.1, 0.15) is 31.4 Å². The predicted octanol–water partition coefficient (Wildman–Crippen LogP) is 2.02. The van der Waals surface area contributed by atoms with E-state index in [2.05, 4.69) is 0 Å². The summed E-state index contributed by atoms with van der Waals surface area (Å²) in [4.78, 5) is 23.6. The van der Waals surface area contributed by atoms with E-state index in [1.807, 2.05) is 46.5 Å². The smallest absolute Gasteiger partial charge is 0.307 e. The van der Waals surface area contributed by atoms with Crippen LogP contribution < -0.4 is 4.72 Å². The van der Waals surface area contributed by atoms with Crippen LogP contribution in [0.15, 0.2) is 54.9 Å². The summed E-state index contributed by atoms with van der Waals surface area (Å²) in [5.41, 5.74) is 0.816. The zero-order valence-electron chi connectivity index (χ0n) is 14.5. The zero-order chi connectivity index (χ0) is 19.0. The lowest BCUT2D eigenvalue weighted by atomic mass is 10.2. The molecule has 8 heteroatoms. The standard InChI is InChI=1S/C18H22N2O5S/c1-15(20-10-5-6-11-20)13-17(21)19-26(23,24)12-9-18(22)25-14-16-7-3-2-4-8-16/h2-8,10-11,15H,9,12-14H2,1H3,(H,19,21)/t15-/m0/s1. The lowest BCUT2D eigenvalue weighted by Gasteiger charge is -2.13. The third-order valence-electron chi connectivity index (χ3n) is 3.70. The fourth-order valence-electron chi connectivity index (χ4n) is 2.31. The van der Waals surface area contributed by atoms with Crippen molar-refractivity contribution in [3.05, 3.63) is 60.4 Å². The molecule has 1 amide bonds.